The van der Waals surface area contributed by atoms with Gasteiger partial charge in [0.25, 0.3) is 0 Å². The number of imidazole rings is 1. The minimum atomic E-state index is -0.698. The van der Waals surface area contributed by atoms with Crippen LogP contribution in [-0.2, 0) is 7.05 Å². The number of pyridine rings is 1. The summed E-state index contributed by atoms with van der Waals surface area (Å²) in [5, 5.41) is 0. The highest BCUT2D eigenvalue weighted by Gasteiger charge is 2.32. The van der Waals surface area contributed by atoms with E-state index in [0.29, 0.717) is 47.7 Å². The van der Waals surface area contributed by atoms with Crippen molar-refractivity contribution in [3.05, 3.63) is 72.3 Å². The molecule has 0 saturated heterocycles. The summed E-state index contributed by atoms with van der Waals surface area (Å²) in [5.41, 5.74) is 8.53. The number of halogens is 2. The first-order valence-electron chi connectivity index (χ1n) is 11.7. The first kappa shape index (κ1) is 23.5. The molecule has 4 aromatic rings. The quantitative estimate of drug-likeness (QED) is 0.407. The number of nitrogens with zero attached hydrogens (tertiary/aromatic N) is 5. The third-order valence-corrected chi connectivity index (χ3v) is 6.18. The average molecular weight is 489 g/mol. The number of carbonyl (C=O) groups is 1. The first-order valence-corrected chi connectivity index (χ1v) is 11.7. The van der Waals surface area contributed by atoms with Crippen LogP contribution in [0.5, 0.6) is 0 Å². The number of hydrogen-bond acceptors (Lipinski definition) is 4. The molecular weight excluding hydrogens is 462 g/mol. The van der Waals surface area contributed by atoms with Crippen LogP contribution in [0.1, 0.15) is 13.8 Å². The molecule has 5 rings (SSSR count). The van der Waals surface area contributed by atoms with Crippen LogP contribution in [0.2, 0.25) is 0 Å². The van der Waals surface area contributed by atoms with Gasteiger partial charge in [-0.15, -0.1) is 0 Å². The number of primary amides is 1. The van der Waals surface area contributed by atoms with Gasteiger partial charge < -0.3 is 15.2 Å². The number of fused-ring (bicyclic) bond motifs is 1. The van der Waals surface area contributed by atoms with Gasteiger partial charge in [-0.2, -0.15) is 0 Å². The van der Waals surface area contributed by atoms with Crippen molar-refractivity contribution in [1.82, 2.24) is 14.5 Å². The van der Waals surface area contributed by atoms with Crippen molar-refractivity contribution in [3.8, 4) is 34.0 Å². The van der Waals surface area contributed by atoms with Crippen LogP contribution in [0, 0.1) is 17.6 Å². The predicted octanol–water partition coefficient (Wildman–Crippen LogP) is 5.41. The predicted molar refractivity (Wildman–Crippen MR) is 136 cm³/mol. The smallest absolute Gasteiger partial charge is 0.320 e. The second kappa shape index (κ2) is 9.07. The van der Waals surface area contributed by atoms with E-state index in [-0.39, 0.29) is 11.4 Å². The number of rotatable bonds is 5. The topological polar surface area (TPSA) is 80.3 Å². The monoisotopic (exact) mass is 488 g/mol. The van der Waals surface area contributed by atoms with E-state index >= 15 is 0 Å². The Labute approximate surface area is 207 Å². The highest BCUT2D eigenvalue weighted by molar-refractivity contribution is 5.97. The molecule has 0 unspecified atom stereocenters. The highest BCUT2D eigenvalue weighted by atomic mass is 19.1. The Hall–Kier alpha value is -4.27. The Morgan fingerprint density at radius 1 is 1.00 bits per heavy atom. The zero-order valence-electron chi connectivity index (χ0n) is 20.2. The van der Waals surface area contributed by atoms with Gasteiger partial charge in [-0.1, -0.05) is 50.2 Å². The first-order chi connectivity index (χ1) is 17.3. The molecule has 0 radical (unpaired) electrons. The molecule has 1 aliphatic heterocycles. The second-order valence-corrected chi connectivity index (χ2v) is 9.22. The lowest BCUT2D eigenvalue weighted by Gasteiger charge is -2.21. The summed E-state index contributed by atoms with van der Waals surface area (Å²) in [6, 6.07) is 16.2. The molecule has 36 heavy (non-hydrogen) atoms. The normalized spacial score (nSPS) is 12.9. The molecule has 0 aliphatic carbocycles. The van der Waals surface area contributed by atoms with Crippen LogP contribution in [0.25, 0.3) is 34.0 Å². The molecule has 1 aliphatic rings. The van der Waals surface area contributed by atoms with Gasteiger partial charge in [-0.05, 0) is 30.2 Å². The third kappa shape index (κ3) is 3.96. The highest BCUT2D eigenvalue weighted by Crippen LogP contribution is 2.40. The molecule has 9 heteroatoms. The minimum Gasteiger partial charge on any atom is -0.351 e. The van der Waals surface area contributed by atoms with E-state index in [1.165, 1.54) is 23.1 Å². The fraction of sp³-hybridized carbons (Fsp3) is 0.222. The summed E-state index contributed by atoms with van der Waals surface area (Å²) >= 11 is 0. The molecule has 3 heterocycles. The van der Waals surface area contributed by atoms with E-state index in [2.05, 4.69) is 13.8 Å². The van der Waals surface area contributed by atoms with Crippen LogP contribution in [0.15, 0.2) is 60.7 Å². The van der Waals surface area contributed by atoms with Crippen LogP contribution in [0.3, 0.4) is 0 Å². The molecule has 2 aromatic carbocycles. The molecule has 184 valence electrons. The fourth-order valence-electron chi connectivity index (χ4n) is 4.63. The Kier molecular flexibility index (Phi) is 5.91. The maximum atomic E-state index is 14.8. The molecule has 0 saturated carbocycles. The number of amides is 2. The summed E-state index contributed by atoms with van der Waals surface area (Å²) in [7, 11) is 1.71. The largest absolute Gasteiger partial charge is 0.351 e. The van der Waals surface area contributed by atoms with Crippen LogP contribution in [-0.4, -0.2) is 33.8 Å². The lowest BCUT2D eigenvalue weighted by Crippen LogP contribution is -2.40. The van der Waals surface area contributed by atoms with Crippen molar-refractivity contribution in [2.24, 2.45) is 18.7 Å². The van der Waals surface area contributed by atoms with Crippen molar-refractivity contribution in [1.29, 1.82) is 0 Å². The number of nitrogens with two attached hydrogens (primary N) is 1. The summed E-state index contributed by atoms with van der Waals surface area (Å²) < 4.78 is 31.2. The van der Waals surface area contributed by atoms with Gasteiger partial charge >= 0.3 is 6.03 Å². The second-order valence-electron chi connectivity index (χ2n) is 9.22. The molecule has 0 fully saturated rings. The Morgan fingerprint density at radius 3 is 2.33 bits per heavy atom. The van der Waals surface area contributed by atoms with Crippen molar-refractivity contribution >= 4 is 17.5 Å². The van der Waals surface area contributed by atoms with Gasteiger partial charge in [0.05, 0.1) is 28.3 Å². The molecule has 0 atom stereocenters. The molecular formula is C27H26F2N6O. The van der Waals surface area contributed by atoms with Crippen molar-refractivity contribution in [2.45, 2.75) is 13.8 Å². The lowest BCUT2D eigenvalue weighted by molar-refractivity contribution is 0.254. The van der Waals surface area contributed by atoms with E-state index in [1.807, 2.05) is 35.2 Å². The Balaban J connectivity index is 1.73. The maximum Gasteiger partial charge on any atom is 0.320 e. The maximum absolute atomic E-state index is 14.8. The number of urea groups is 1. The van der Waals surface area contributed by atoms with E-state index in [0.717, 1.165) is 5.56 Å². The summed E-state index contributed by atoms with van der Waals surface area (Å²) in [4.78, 5) is 25.2. The van der Waals surface area contributed by atoms with Crippen molar-refractivity contribution in [3.63, 3.8) is 0 Å². The van der Waals surface area contributed by atoms with E-state index in [4.69, 9.17) is 15.7 Å². The van der Waals surface area contributed by atoms with Crippen LogP contribution >= 0.6 is 0 Å². The van der Waals surface area contributed by atoms with E-state index in [1.54, 1.807) is 23.7 Å². The van der Waals surface area contributed by atoms with Crippen molar-refractivity contribution < 1.29 is 13.6 Å². The summed E-state index contributed by atoms with van der Waals surface area (Å²) in [5.74, 6) is -0.297. The summed E-state index contributed by atoms with van der Waals surface area (Å²) in [6.45, 7) is 5.15. The number of hydrogen-bond donors (Lipinski definition) is 1. The molecule has 0 spiro atoms. The zero-order chi connectivity index (χ0) is 25.6. The zero-order valence-corrected chi connectivity index (χ0v) is 20.2. The Bertz CT molecular complexity index is 1430. The number of aromatic nitrogens is 3. The number of carbonyl (C=O) groups excluding carboxylic acids is 1. The van der Waals surface area contributed by atoms with Gasteiger partial charge in [0.1, 0.15) is 24.1 Å². The van der Waals surface area contributed by atoms with Gasteiger partial charge in [0.15, 0.2) is 5.82 Å². The van der Waals surface area contributed by atoms with Crippen LogP contribution < -0.4 is 15.5 Å². The van der Waals surface area contributed by atoms with E-state index in [9.17, 15) is 13.6 Å². The minimum absolute atomic E-state index is 0.152. The van der Waals surface area contributed by atoms with Gasteiger partial charge in [0, 0.05) is 19.2 Å². The molecule has 7 nitrogen and oxygen atoms in total. The molecule has 0 bridgehead atoms. The lowest BCUT2D eigenvalue weighted by atomic mass is 10.1. The van der Waals surface area contributed by atoms with Gasteiger partial charge in [0.2, 0.25) is 0 Å². The van der Waals surface area contributed by atoms with Gasteiger partial charge in [-0.3, -0.25) is 4.90 Å². The van der Waals surface area contributed by atoms with Gasteiger partial charge in [-0.25, -0.2) is 23.5 Å². The van der Waals surface area contributed by atoms with E-state index < -0.39 is 17.7 Å². The SMILES string of the molecule is CC(C)CN1CN(C(N)=O)c2ccc(-c3c(-c4ccccc4)nc(-c4c(F)cccc4F)n3C)nc21. The van der Waals surface area contributed by atoms with Crippen LogP contribution in [0.4, 0.5) is 25.1 Å². The third-order valence-electron chi connectivity index (χ3n) is 6.18. The standard InChI is InChI=1S/C27H26F2N6O/c1-16(2)14-34-15-35(27(30)36)21-13-12-20(31-25(21)34)24-23(17-8-5-4-6-9-17)32-26(33(24)3)22-18(28)10-7-11-19(22)29/h4-13,16H,14-15H2,1-3H3,(H2,30,36). The molecule has 2 aromatic heterocycles. The van der Waals surface area contributed by atoms with Crippen molar-refractivity contribution in [2.75, 3.05) is 23.0 Å². The average Bonchev–Trinajstić information content (AvgIpc) is 3.37. The molecule has 2 amide bonds. The summed E-state index contributed by atoms with van der Waals surface area (Å²) in [6.07, 6.45) is 0. The number of anilines is 2. The fourth-order valence-corrected chi connectivity index (χ4v) is 4.63. The molecule has 2 N–H and O–H groups in total. The number of benzene rings is 2. The Morgan fingerprint density at radius 2 is 1.69 bits per heavy atom.